The van der Waals surface area contributed by atoms with Crippen LogP contribution >= 0.6 is 0 Å². The van der Waals surface area contributed by atoms with Gasteiger partial charge in [-0.3, -0.25) is 9.59 Å². The monoisotopic (exact) mass is 288 g/mol. The quantitative estimate of drug-likeness (QED) is 0.752. The molecule has 112 valence electrons. The summed E-state index contributed by atoms with van der Waals surface area (Å²) in [5.41, 5.74) is 1.09. The van der Waals surface area contributed by atoms with Gasteiger partial charge in [-0.05, 0) is 26.0 Å². The van der Waals surface area contributed by atoms with E-state index < -0.39 is 0 Å². The summed E-state index contributed by atoms with van der Waals surface area (Å²) >= 11 is 0. The Labute approximate surface area is 123 Å². The number of aromatic nitrogens is 3. The van der Waals surface area contributed by atoms with E-state index in [0.717, 1.165) is 18.8 Å². The van der Waals surface area contributed by atoms with Gasteiger partial charge < -0.3 is 9.47 Å². The van der Waals surface area contributed by atoms with Crippen LogP contribution in [0.3, 0.4) is 0 Å². The van der Waals surface area contributed by atoms with Crippen LogP contribution in [0.5, 0.6) is 0 Å². The summed E-state index contributed by atoms with van der Waals surface area (Å²) in [6.07, 6.45) is 3.43. The normalized spacial score (nSPS) is 10.6. The lowest BCUT2D eigenvalue weighted by atomic mass is 10.3. The first-order valence-electron chi connectivity index (χ1n) is 7.03. The van der Waals surface area contributed by atoms with E-state index in [4.69, 9.17) is 0 Å². The molecule has 21 heavy (non-hydrogen) atoms. The zero-order valence-corrected chi connectivity index (χ0v) is 12.6. The molecule has 0 unspecified atom stereocenters. The van der Waals surface area contributed by atoms with E-state index in [1.165, 1.54) is 10.7 Å². The van der Waals surface area contributed by atoms with Gasteiger partial charge in [0, 0.05) is 32.4 Å². The average molecular weight is 288 g/mol. The first kappa shape index (κ1) is 15.0. The van der Waals surface area contributed by atoms with E-state index in [2.05, 4.69) is 5.10 Å². The van der Waals surface area contributed by atoms with Gasteiger partial charge in [0.15, 0.2) is 0 Å². The molecular weight excluding hydrogens is 268 g/mol. The third kappa shape index (κ3) is 3.21. The Kier molecular flexibility index (Phi) is 4.57. The largest absolute Gasteiger partial charge is 0.371 e. The topological polar surface area (TPSA) is 60.1 Å². The second-order valence-electron chi connectivity index (χ2n) is 4.81. The molecule has 2 heterocycles. The molecule has 0 saturated carbocycles. The highest BCUT2D eigenvalue weighted by Gasteiger charge is 2.12. The minimum atomic E-state index is -0.262. The van der Waals surface area contributed by atoms with Gasteiger partial charge in [-0.15, -0.1) is 0 Å². The molecule has 6 heteroatoms. The van der Waals surface area contributed by atoms with Crippen LogP contribution in [-0.4, -0.2) is 33.2 Å². The van der Waals surface area contributed by atoms with Crippen LogP contribution in [0.1, 0.15) is 24.3 Å². The van der Waals surface area contributed by atoms with E-state index in [-0.39, 0.29) is 17.9 Å². The van der Waals surface area contributed by atoms with Gasteiger partial charge in [-0.2, -0.15) is 5.10 Å². The number of aryl methyl sites for hydroxylation is 1. The predicted octanol–water partition coefficient (Wildman–Crippen LogP) is 1.31. The summed E-state index contributed by atoms with van der Waals surface area (Å²) in [6, 6.07) is 5.06. The number of carbonyl (C=O) groups excluding carboxylic acids is 1. The van der Waals surface area contributed by atoms with Crippen molar-refractivity contribution in [3.63, 3.8) is 0 Å². The molecule has 0 radical (unpaired) electrons. The fourth-order valence-corrected chi connectivity index (χ4v) is 2.27. The molecule has 0 aliphatic carbocycles. The van der Waals surface area contributed by atoms with Crippen molar-refractivity contribution in [2.75, 3.05) is 18.0 Å². The van der Waals surface area contributed by atoms with Crippen LogP contribution in [-0.2, 0) is 13.6 Å². The lowest BCUT2D eigenvalue weighted by Crippen LogP contribution is -2.30. The maximum Gasteiger partial charge on any atom is 0.269 e. The van der Waals surface area contributed by atoms with Crippen molar-refractivity contribution in [3.05, 3.63) is 46.6 Å². The lowest BCUT2D eigenvalue weighted by Gasteiger charge is -2.20. The molecule has 0 atom stereocenters. The van der Waals surface area contributed by atoms with Crippen molar-refractivity contribution in [2.45, 2.75) is 20.4 Å². The fourth-order valence-electron chi connectivity index (χ4n) is 2.27. The smallest absolute Gasteiger partial charge is 0.269 e. The summed E-state index contributed by atoms with van der Waals surface area (Å²) in [4.78, 5) is 26.3. The van der Waals surface area contributed by atoms with Crippen LogP contribution in [0.15, 0.2) is 35.4 Å². The van der Waals surface area contributed by atoms with Gasteiger partial charge in [0.25, 0.3) is 5.56 Å². The van der Waals surface area contributed by atoms with E-state index in [0.29, 0.717) is 5.69 Å². The second-order valence-corrected chi connectivity index (χ2v) is 4.81. The average Bonchev–Trinajstić information content (AvgIpc) is 2.89. The van der Waals surface area contributed by atoms with Crippen molar-refractivity contribution >= 4 is 11.5 Å². The maximum atomic E-state index is 12.1. The van der Waals surface area contributed by atoms with Gasteiger partial charge >= 0.3 is 0 Å². The van der Waals surface area contributed by atoms with E-state index >= 15 is 0 Å². The molecular formula is C15H20N4O2. The zero-order chi connectivity index (χ0) is 15.4. The highest BCUT2D eigenvalue weighted by atomic mass is 16.1. The summed E-state index contributed by atoms with van der Waals surface area (Å²) in [7, 11) is 1.80. The Balaban J connectivity index is 2.20. The van der Waals surface area contributed by atoms with Gasteiger partial charge in [-0.1, -0.05) is 0 Å². The first-order chi connectivity index (χ1) is 10.1. The van der Waals surface area contributed by atoms with Crippen molar-refractivity contribution < 1.29 is 4.79 Å². The van der Waals surface area contributed by atoms with Crippen molar-refractivity contribution in [1.82, 2.24) is 14.3 Å². The number of hydrogen-bond donors (Lipinski definition) is 0. The van der Waals surface area contributed by atoms with Gasteiger partial charge in [0.05, 0.1) is 17.6 Å². The minimum Gasteiger partial charge on any atom is -0.371 e. The van der Waals surface area contributed by atoms with E-state index in [9.17, 15) is 9.59 Å². The number of carbonyl (C=O) groups is 1. The van der Waals surface area contributed by atoms with Crippen molar-refractivity contribution in [3.8, 4) is 0 Å². The molecule has 0 fully saturated rings. The second kappa shape index (κ2) is 6.39. The lowest BCUT2D eigenvalue weighted by molar-refractivity contribution is 0.0957. The molecule has 6 nitrogen and oxygen atoms in total. The van der Waals surface area contributed by atoms with Crippen LogP contribution in [0, 0.1) is 0 Å². The molecule has 0 saturated heterocycles. The summed E-state index contributed by atoms with van der Waals surface area (Å²) < 4.78 is 2.93. The molecule has 2 aromatic heterocycles. The number of nitrogens with zero attached hydrogens (tertiary/aromatic N) is 4. The van der Waals surface area contributed by atoms with E-state index in [1.54, 1.807) is 36.1 Å². The van der Waals surface area contributed by atoms with Crippen molar-refractivity contribution in [1.29, 1.82) is 0 Å². The minimum absolute atomic E-state index is 0.0464. The van der Waals surface area contributed by atoms with Crippen LogP contribution in [0.2, 0.25) is 0 Å². The molecule has 0 amide bonds. The molecule has 0 aromatic carbocycles. The maximum absolute atomic E-state index is 12.1. The highest BCUT2D eigenvalue weighted by Crippen LogP contribution is 2.08. The number of rotatable bonds is 6. The number of ketones is 1. The Morgan fingerprint density at radius 3 is 2.57 bits per heavy atom. The standard InChI is InChI=1S/C15H20N4O2/c1-4-18(5-2)12-9-15(21)19(16-10-12)11-14(20)13-7-6-8-17(13)3/h6-10H,4-5,11H2,1-3H3. The van der Waals surface area contributed by atoms with Crippen molar-refractivity contribution in [2.24, 2.45) is 7.05 Å². The summed E-state index contributed by atoms with van der Waals surface area (Å²) in [6.45, 7) is 5.62. The summed E-state index contributed by atoms with van der Waals surface area (Å²) in [5, 5.41) is 4.11. The SMILES string of the molecule is CCN(CC)c1cnn(CC(=O)c2cccn2C)c(=O)c1. The third-order valence-electron chi connectivity index (χ3n) is 3.51. The molecule has 0 aliphatic rings. The Morgan fingerprint density at radius 1 is 1.33 bits per heavy atom. The molecule has 2 aromatic rings. The van der Waals surface area contributed by atoms with E-state index in [1.807, 2.05) is 18.7 Å². The first-order valence-corrected chi connectivity index (χ1v) is 7.03. The van der Waals surface area contributed by atoms with Crippen LogP contribution < -0.4 is 10.5 Å². The molecule has 0 bridgehead atoms. The van der Waals surface area contributed by atoms with Gasteiger partial charge in [0.1, 0.15) is 6.54 Å². The van der Waals surface area contributed by atoms with Gasteiger partial charge in [0.2, 0.25) is 5.78 Å². The van der Waals surface area contributed by atoms with Gasteiger partial charge in [-0.25, -0.2) is 4.68 Å². The number of hydrogen-bond acceptors (Lipinski definition) is 4. The Hall–Kier alpha value is -2.37. The molecule has 2 rings (SSSR count). The fraction of sp³-hybridized carbons (Fsp3) is 0.400. The summed E-state index contributed by atoms with van der Waals surface area (Å²) in [5.74, 6) is -0.132. The molecule has 0 spiro atoms. The molecule has 0 N–H and O–H groups in total. The van der Waals surface area contributed by atoms with Crippen LogP contribution in [0.25, 0.3) is 0 Å². The third-order valence-corrected chi connectivity index (χ3v) is 3.51. The zero-order valence-electron chi connectivity index (χ0n) is 12.6. The molecule has 0 aliphatic heterocycles. The predicted molar refractivity (Wildman–Crippen MR) is 81.8 cm³/mol. The Morgan fingerprint density at radius 2 is 2.05 bits per heavy atom. The number of Topliss-reactive ketones (excluding diaryl/α,β-unsaturated/α-hetero) is 1. The van der Waals surface area contributed by atoms with Crippen LogP contribution in [0.4, 0.5) is 5.69 Å². The highest BCUT2D eigenvalue weighted by molar-refractivity contribution is 5.94. The Bertz CT molecular complexity index is 683. The number of anilines is 1.